The number of hydrogen-bond acceptors (Lipinski definition) is 4. The van der Waals surface area contributed by atoms with Gasteiger partial charge in [-0.3, -0.25) is 4.79 Å². The van der Waals surface area contributed by atoms with Crippen LogP contribution < -0.4 is 10.5 Å². The Morgan fingerprint density at radius 3 is 2.45 bits per heavy atom. The van der Waals surface area contributed by atoms with Gasteiger partial charge in [-0.2, -0.15) is 0 Å². The van der Waals surface area contributed by atoms with Crippen molar-refractivity contribution in [2.45, 2.75) is 17.7 Å². The third-order valence-corrected chi connectivity index (χ3v) is 5.14. The molecule has 2 rings (SSSR count). The molecule has 0 saturated heterocycles. The van der Waals surface area contributed by atoms with Crippen LogP contribution in [-0.4, -0.2) is 39.3 Å². The Bertz CT molecular complexity index is 715. The average Bonchev–Trinajstić information content (AvgIpc) is 3.22. The predicted octanol–water partition coefficient (Wildman–Crippen LogP) is 1.10. The summed E-state index contributed by atoms with van der Waals surface area (Å²) < 4.78 is 58.3. The normalized spacial score (nSPS) is 15.1. The van der Waals surface area contributed by atoms with Gasteiger partial charge in [0.15, 0.2) is 22.3 Å². The minimum atomic E-state index is -4.36. The first-order chi connectivity index (χ1) is 10.2. The van der Waals surface area contributed by atoms with Crippen LogP contribution in [-0.2, 0) is 10.0 Å². The van der Waals surface area contributed by atoms with E-state index in [9.17, 15) is 22.0 Å². The van der Waals surface area contributed by atoms with Crippen LogP contribution in [0.15, 0.2) is 11.0 Å². The van der Waals surface area contributed by atoms with Crippen molar-refractivity contribution in [2.24, 2.45) is 11.7 Å². The number of nitrogens with zero attached hydrogens (tertiary/aromatic N) is 1. The Hall–Kier alpha value is -1.74. The first-order valence-corrected chi connectivity index (χ1v) is 7.97. The second kappa shape index (κ2) is 5.81. The average molecular weight is 334 g/mol. The number of amides is 1. The highest BCUT2D eigenvalue weighted by atomic mass is 32.2. The Balaban J connectivity index is 2.68. The fourth-order valence-corrected chi connectivity index (χ4v) is 2.90. The molecule has 9 heteroatoms. The molecule has 22 heavy (non-hydrogen) atoms. The van der Waals surface area contributed by atoms with Gasteiger partial charge in [-0.15, -0.1) is 0 Å². The second-order valence-corrected chi connectivity index (χ2v) is 7.37. The van der Waals surface area contributed by atoms with Gasteiger partial charge in [0, 0.05) is 14.1 Å². The lowest BCUT2D eigenvalue weighted by atomic mass is 10.1. The third kappa shape index (κ3) is 3.05. The lowest BCUT2D eigenvalue weighted by Crippen LogP contribution is -2.26. The fraction of sp³-hybridized carbons (Fsp3) is 0.462. The van der Waals surface area contributed by atoms with Crippen molar-refractivity contribution >= 4 is 15.9 Å². The van der Waals surface area contributed by atoms with Crippen LogP contribution in [0.25, 0.3) is 0 Å². The summed E-state index contributed by atoms with van der Waals surface area (Å²) in [5.41, 5.74) is 4.63. The largest absolute Gasteiger partial charge is 0.491 e. The van der Waals surface area contributed by atoms with Gasteiger partial charge in [0.1, 0.15) is 0 Å². The molecule has 1 saturated carbocycles. The third-order valence-electron chi connectivity index (χ3n) is 3.30. The molecule has 1 aromatic carbocycles. The van der Waals surface area contributed by atoms with Crippen molar-refractivity contribution in [2.75, 3.05) is 20.7 Å². The molecule has 0 aromatic heterocycles. The Morgan fingerprint density at radius 1 is 1.41 bits per heavy atom. The molecule has 2 N–H and O–H groups in total. The summed E-state index contributed by atoms with van der Waals surface area (Å²) in [5.74, 6) is -4.49. The molecule has 1 aliphatic rings. The fourth-order valence-electron chi connectivity index (χ4n) is 1.81. The van der Waals surface area contributed by atoms with Gasteiger partial charge in [-0.25, -0.2) is 21.5 Å². The molecule has 1 aromatic rings. The summed E-state index contributed by atoms with van der Waals surface area (Å²) in [4.78, 5) is 10.4. The molecule has 0 heterocycles. The molecule has 1 aliphatic carbocycles. The minimum absolute atomic E-state index is 0.112. The van der Waals surface area contributed by atoms with E-state index in [0.29, 0.717) is 10.4 Å². The maximum atomic E-state index is 14.1. The zero-order valence-electron chi connectivity index (χ0n) is 12.1. The van der Waals surface area contributed by atoms with Crippen LogP contribution in [0.4, 0.5) is 8.78 Å². The summed E-state index contributed by atoms with van der Waals surface area (Å²) in [6.45, 7) is 0.112. The van der Waals surface area contributed by atoms with Crippen molar-refractivity contribution in [3.8, 4) is 5.75 Å². The number of sulfonamides is 1. The van der Waals surface area contributed by atoms with E-state index in [1.54, 1.807) is 0 Å². The molecular formula is C13H16F2N2O4S. The number of halogens is 2. The first-order valence-electron chi connectivity index (χ1n) is 6.53. The van der Waals surface area contributed by atoms with Crippen molar-refractivity contribution < 1.29 is 26.7 Å². The molecule has 0 radical (unpaired) electrons. The van der Waals surface area contributed by atoms with E-state index in [0.717, 1.165) is 26.9 Å². The lowest BCUT2D eigenvalue weighted by Gasteiger charge is -2.18. The van der Waals surface area contributed by atoms with Crippen molar-refractivity contribution in [1.82, 2.24) is 4.31 Å². The van der Waals surface area contributed by atoms with E-state index >= 15 is 0 Å². The summed E-state index contributed by atoms with van der Waals surface area (Å²) in [6, 6.07) is 0.550. The molecule has 6 nitrogen and oxygen atoms in total. The number of carbonyl (C=O) groups excluding carboxylic acids is 1. The van der Waals surface area contributed by atoms with E-state index in [1.807, 2.05) is 0 Å². The summed E-state index contributed by atoms with van der Waals surface area (Å²) >= 11 is 0. The van der Waals surface area contributed by atoms with Gasteiger partial charge in [0.2, 0.25) is 10.0 Å². The molecule has 0 bridgehead atoms. The Kier molecular flexibility index (Phi) is 4.39. The van der Waals surface area contributed by atoms with Crippen molar-refractivity contribution in [1.29, 1.82) is 0 Å². The van der Waals surface area contributed by atoms with Gasteiger partial charge in [-0.1, -0.05) is 0 Å². The second-order valence-electron chi connectivity index (χ2n) is 5.28. The number of ether oxygens (including phenoxy) is 1. The number of primary amides is 1. The molecule has 0 spiro atoms. The number of benzene rings is 1. The first kappa shape index (κ1) is 16.6. The van der Waals surface area contributed by atoms with E-state index in [1.165, 1.54) is 0 Å². The van der Waals surface area contributed by atoms with Crippen molar-refractivity contribution in [3.05, 3.63) is 23.3 Å². The van der Waals surface area contributed by atoms with E-state index in [4.69, 9.17) is 10.5 Å². The molecular weight excluding hydrogens is 318 g/mol. The highest BCUT2D eigenvalue weighted by Crippen LogP contribution is 2.36. The number of hydrogen-bond donors (Lipinski definition) is 1. The van der Waals surface area contributed by atoms with Crippen LogP contribution in [0.3, 0.4) is 0 Å². The lowest BCUT2D eigenvalue weighted by molar-refractivity contribution is 0.0994. The summed E-state index contributed by atoms with van der Waals surface area (Å²) in [7, 11) is -2.04. The van der Waals surface area contributed by atoms with Crippen LogP contribution in [0.1, 0.15) is 23.2 Å². The molecule has 0 atom stereocenters. The van der Waals surface area contributed by atoms with Crippen LogP contribution in [0.2, 0.25) is 0 Å². The molecule has 1 amide bonds. The van der Waals surface area contributed by atoms with Crippen LogP contribution >= 0.6 is 0 Å². The van der Waals surface area contributed by atoms with Gasteiger partial charge >= 0.3 is 0 Å². The molecule has 0 aliphatic heterocycles. The van der Waals surface area contributed by atoms with Crippen LogP contribution in [0, 0.1) is 17.6 Å². The maximum absolute atomic E-state index is 14.1. The number of nitrogens with two attached hydrogens (primary N) is 1. The van der Waals surface area contributed by atoms with Crippen LogP contribution in [0.5, 0.6) is 5.75 Å². The summed E-state index contributed by atoms with van der Waals surface area (Å²) in [6.07, 6.45) is 1.79. The zero-order chi connectivity index (χ0) is 16.7. The smallest absolute Gasteiger partial charge is 0.252 e. The SMILES string of the molecule is CN(C)S(=O)(=O)c1c(F)c(F)cc(C(N)=O)c1OCC1CC1. The van der Waals surface area contributed by atoms with Gasteiger partial charge in [0.25, 0.3) is 5.91 Å². The maximum Gasteiger partial charge on any atom is 0.252 e. The quantitative estimate of drug-likeness (QED) is 0.844. The number of rotatable bonds is 6. The van der Waals surface area contributed by atoms with E-state index < -0.39 is 43.8 Å². The minimum Gasteiger partial charge on any atom is -0.491 e. The topological polar surface area (TPSA) is 89.7 Å². The van der Waals surface area contributed by atoms with Gasteiger partial charge in [0.05, 0.1) is 12.2 Å². The molecule has 0 unspecified atom stereocenters. The highest BCUT2D eigenvalue weighted by molar-refractivity contribution is 7.89. The Labute approximate surface area is 126 Å². The number of carbonyl (C=O) groups is 1. The molecule has 122 valence electrons. The highest BCUT2D eigenvalue weighted by Gasteiger charge is 2.34. The van der Waals surface area contributed by atoms with E-state index in [-0.39, 0.29) is 12.5 Å². The zero-order valence-corrected chi connectivity index (χ0v) is 12.9. The molecule has 1 fully saturated rings. The summed E-state index contributed by atoms with van der Waals surface area (Å²) in [5, 5.41) is 0. The van der Waals surface area contributed by atoms with Gasteiger partial charge < -0.3 is 10.5 Å². The van der Waals surface area contributed by atoms with Gasteiger partial charge in [-0.05, 0) is 24.8 Å². The predicted molar refractivity (Wildman–Crippen MR) is 74.0 cm³/mol. The standard InChI is InChI=1S/C13H16F2N2O4S/c1-17(2)22(19,20)12-10(15)9(14)5-8(13(16)18)11(12)21-6-7-3-4-7/h5,7H,3-4,6H2,1-2H3,(H2,16,18). The van der Waals surface area contributed by atoms with E-state index in [2.05, 4.69) is 0 Å². The van der Waals surface area contributed by atoms with Crippen molar-refractivity contribution in [3.63, 3.8) is 0 Å². The Morgan fingerprint density at radius 2 is 2.00 bits per heavy atom. The monoisotopic (exact) mass is 334 g/mol.